The number of fused-ring (bicyclic) bond motifs is 1. The van der Waals surface area contributed by atoms with E-state index in [4.69, 9.17) is 0 Å². The van der Waals surface area contributed by atoms with Crippen molar-refractivity contribution in [3.05, 3.63) is 46.7 Å². The van der Waals surface area contributed by atoms with E-state index in [1.54, 1.807) is 7.05 Å². The Hall–Kier alpha value is -2.67. The van der Waals surface area contributed by atoms with Crippen LogP contribution in [0.5, 0.6) is 0 Å². The van der Waals surface area contributed by atoms with Crippen LogP contribution in [0.25, 0.3) is 15.9 Å². The Labute approximate surface area is 169 Å². The number of likely N-dealkylation sites (N-methyl/N-ethyl adjacent to an activating group) is 1. The first-order valence-corrected chi connectivity index (χ1v) is 9.99. The Balaban J connectivity index is 2.02. The lowest BCUT2D eigenvalue weighted by Crippen LogP contribution is -2.46. The van der Waals surface area contributed by atoms with E-state index in [1.807, 2.05) is 69.8 Å². The Morgan fingerprint density at radius 3 is 2.46 bits per heavy atom. The van der Waals surface area contributed by atoms with Gasteiger partial charge in [-0.1, -0.05) is 0 Å². The lowest BCUT2D eigenvalue weighted by molar-refractivity contribution is -0.122. The molecule has 0 unspecified atom stereocenters. The fourth-order valence-electron chi connectivity index (χ4n) is 3.22. The summed E-state index contributed by atoms with van der Waals surface area (Å²) in [6.45, 7) is 9.73. The fraction of sp³-hybridized carbons (Fsp3) is 0.381. The summed E-state index contributed by atoms with van der Waals surface area (Å²) < 4.78 is 1.94. The second-order valence-corrected chi connectivity index (χ2v) is 9.09. The van der Waals surface area contributed by atoms with Gasteiger partial charge < -0.3 is 14.8 Å². The van der Waals surface area contributed by atoms with Crippen LogP contribution >= 0.6 is 11.3 Å². The molecule has 0 saturated heterocycles. The molecule has 7 heteroatoms. The van der Waals surface area contributed by atoms with Crippen molar-refractivity contribution in [1.82, 2.24) is 19.8 Å². The fourth-order valence-corrected chi connectivity index (χ4v) is 4.51. The molecule has 0 aliphatic rings. The minimum Gasteiger partial charge on any atom is -0.350 e. The van der Waals surface area contributed by atoms with Gasteiger partial charge in [-0.05, 0) is 58.4 Å². The quantitative estimate of drug-likeness (QED) is 0.729. The van der Waals surface area contributed by atoms with Crippen molar-refractivity contribution in [3.8, 4) is 5.69 Å². The van der Waals surface area contributed by atoms with E-state index >= 15 is 0 Å². The SMILES string of the molecule is Cc1cc(C)c2c(-n3cccc3)c(C(=O)N(C)CC(=O)NC(C)(C)C)sc2n1. The van der Waals surface area contributed by atoms with Gasteiger partial charge in [-0.3, -0.25) is 9.59 Å². The van der Waals surface area contributed by atoms with Crippen molar-refractivity contribution in [2.75, 3.05) is 13.6 Å². The molecule has 28 heavy (non-hydrogen) atoms. The highest BCUT2D eigenvalue weighted by Crippen LogP contribution is 2.36. The predicted molar refractivity (Wildman–Crippen MR) is 113 cm³/mol. The molecule has 3 aromatic heterocycles. The number of hydrogen-bond acceptors (Lipinski definition) is 4. The van der Waals surface area contributed by atoms with Crippen LogP contribution in [0.3, 0.4) is 0 Å². The summed E-state index contributed by atoms with van der Waals surface area (Å²) in [4.78, 5) is 33.0. The second kappa shape index (κ2) is 7.39. The van der Waals surface area contributed by atoms with E-state index in [-0.39, 0.29) is 23.9 Å². The van der Waals surface area contributed by atoms with Crippen LogP contribution in [0.2, 0.25) is 0 Å². The summed E-state index contributed by atoms with van der Waals surface area (Å²) in [7, 11) is 1.65. The van der Waals surface area contributed by atoms with Gasteiger partial charge in [-0.2, -0.15) is 0 Å². The maximum atomic E-state index is 13.2. The van der Waals surface area contributed by atoms with E-state index in [9.17, 15) is 9.59 Å². The average molecular weight is 399 g/mol. The average Bonchev–Trinajstić information content (AvgIpc) is 3.18. The number of thiophene rings is 1. The molecule has 0 atom stereocenters. The smallest absolute Gasteiger partial charge is 0.266 e. The molecule has 3 heterocycles. The van der Waals surface area contributed by atoms with E-state index in [0.717, 1.165) is 27.2 Å². The van der Waals surface area contributed by atoms with Gasteiger partial charge in [0.25, 0.3) is 5.91 Å². The van der Waals surface area contributed by atoms with Crippen LogP contribution in [0, 0.1) is 13.8 Å². The standard InChI is InChI=1S/C21H26N4O2S/c1-13-11-14(2)22-19-16(13)17(25-9-7-8-10-25)18(28-19)20(27)24(6)12-15(26)23-21(3,4)5/h7-11H,12H2,1-6H3,(H,23,26). The Morgan fingerprint density at radius 1 is 1.21 bits per heavy atom. The van der Waals surface area contributed by atoms with Gasteiger partial charge in [0.05, 0.1) is 12.2 Å². The number of aryl methyl sites for hydroxylation is 2. The maximum Gasteiger partial charge on any atom is 0.266 e. The number of aromatic nitrogens is 2. The molecule has 0 aliphatic heterocycles. The summed E-state index contributed by atoms with van der Waals surface area (Å²) in [6.07, 6.45) is 3.84. The minimum absolute atomic E-state index is 0.000898. The molecule has 3 rings (SSSR count). The number of rotatable bonds is 4. The molecule has 0 fully saturated rings. The van der Waals surface area contributed by atoms with E-state index < -0.39 is 0 Å². The summed E-state index contributed by atoms with van der Waals surface area (Å²) in [5.74, 6) is -0.370. The highest BCUT2D eigenvalue weighted by atomic mass is 32.1. The molecule has 2 amide bonds. The molecule has 0 spiro atoms. The Kier molecular flexibility index (Phi) is 5.30. The molecule has 6 nitrogen and oxygen atoms in total. The van der Waals surface area contributed by atoms with Crippen LogP contribution in [-0.4, -0.2) is 45.4 Å². The van der Waals surface area contributed by atoms with Crippen molar-refractivity contribution >= 4 is 33.4 Å². The number of carbonyl (C=O) groups excluding carboxylic acids is 2. The van der Waals surface area contributed by atoms with Gasteiger partial charge in [-0.25, -0.2) is 4.98 Å². The molecule has 0 saturated carbocycles. The highest BCUT2D eigenvalue weighted by molar-refractivity contribution is 7.21. The number of nitrogens with one attached hydrogen (secondary N) is 1. The number of hydrogen-bond donors (Lipinski definition) is 1. The van der Waals surface area contributed by atoms with E-state index in [0.29, 0.717) is 4.88 Å². The molecule has 3 aromatic rings. The van der Waals surface area contributed by atoms with Gasteiger partial charge in [0.15, 0.2) is 0 Å². The van der Waals surface area contributed by atoms with Gasteiger partial charge in [0.2, 0.25) is 5.91 Å². The predicted octanol–water partition coefficient (Wildman–Crippen LogP) is 3.69. The van der Waals surface area contributed by atoms with E-state index in [1.165, 1.54) is 16.2 Å². The first-order chi connectivity index (χ1) is 13.1. The minimum atomic E-state index is -0.340. The van der Waals surface area contributed by atoms with Crippen molar-refractivity contribution in [3.63, 3.8) is 0 Å². The molecule has 0 aliphatic carbocycles. The Bertz CT molecular complexity index is 1030. The first kappa shape index (κ1) is 20.1. The monoisotopic (exact) mass is 398 g/mol. The topological polar surface area (TPSA) is 67.2 Å². The number of pyridine rings is 1. The zero-order chi connectivity index (χ0) is 20.6. The first-order valence-electron chi connectivity index (χ1n) is 9.17. The number of carbonyl (C=O) groups is 2. The molecule has 148 valence electrons. The molecule has 0 aromatic carbocycles. The van der Waals surface area contributed by atoms with Gasteiger partial charge >= 0.3 is 0 Å². The maximum absolute atomic E-state index is 13.2. The lowest BCUT2D eigenvalue weighted by atomic mass is 10.1. The second-order valence-electron chi connectivity index (χ2n) is 8.09. The van der Waals surface area contributed by atoms with Crippen LogP contribution in [0.1, 0.15) is 41.7 Å². The normalized spacial score (nSPS) is 11.6. The summed E-state index contributed by atoms with van der Waals surface area (Å²) in [6, 6.07) is 5.88. The third-order valence-electron chi connectivity index (χ3n) is 4.26. The third-order valence-corrected chi connectivity index (χ3v) is 5.32. The van der Waals surface area contributed by atoms with E-state index in [2.05, 4.69) is 10.3 Å². The van der Waals surface area contributed by atoms with Crippen LogP contribution in [0.4, 0.5) is 0 Å². The summed E-state index contributed by atoms with van der Waals surface area (Å²) in [5.41, 5.74) is 2.48. The van der Waals surface area contributed by atoms with Crippen LogP contribution < -0.4 is 5.32 Å². The van der Waals surface area contributed by atoms with Crippen molar-refractivity contribution in [2.45, 2.75) is 40.2 Å². The largest absolute Gasteiger partial charge is 0.350 e. The summed E-state index contributed by atoms with van der Waals surface area (Å²) >= 11 is 1.37. The van der Waals surface area contributed by atoms with Gasteiger partial charge in [-0.15, -0.1) is 11.3 Å². The zero-order valence-electron chi connectivity index (χ0n) is 17.2. The van der Waals surface area contributed by atoms with Crippen LogP contribution in [0.15, 0.2) is 30.6 Å². The van der Waals surface area contributed by atoms with Crippen molar-refractivity contribution in [1.29, 1.82) is 0 Å². The molecule has 0 bridgehead atoms. The highest BCUT2D eigenvalue weighted by Gasteiger charge is 2.26. The summed E-state index contributed by atoms with van der Waals surface area (Å²) in [5, 5.41) is 3.87. The lowest BCUT2D eigenvalue weighted by Gasteiger charge is -2.23. The number of nitrogens with zero attached hydrogens (tertiary/aromatic N) is 3. The van der Waals surface area contributed by atoms with Crippen LogP contribution in [-0.2, 0) is 4.79 Å². The molecular formula is C21H26N4O2S. The molecular weight excluding hydrogens is 372 g/mol. The van der Waals surface area contributed by atoms with Gasteiger partial charge in [0, 0.05) is 36.1 Å². The number of amides is 2. The zero-order valence-corrected chi connectivity index (χ0v) is 18.0. The van der Waals surface area contributed by atoms with Crippen molar-refractivity contribution in [2.24, 2.45) is 0 Å². The Morgan fingerprint density at radius 2 is 1.86 bits per heavy atom. The van der Waals surface area contributed by atoms with Gasteiger partial charge in [0.1, 0.15) is 9.71 Å². The third kappa shape index (κ3) is 4.09. The molecule has 1 N–H and O–H groups in total. The van der Waals surface area contributed by atoms with Crippen molar-refractivity contribution < 1.29 is 9.59 Å². The molecule has 0 radical (unpaired) electrons.